The maximum Gasteiger partial charge on any atom is 0.245 e. The van der Waals surface area contributed by atoms with Crippen LogP contribution in [-0.2, 0) is 12.8 Å². The Morgan fingerprint density at radius 1 is 1.05 bits per heavy atom. The van der Waals surface area contributed by atoms with Crippen molar-refractivity contribution >= 4 is 5.95 Å². The van der Waals surface area contributed by atoms with Gasteiger partial charge in [0, 0.05) is 26.2 Å². The molecule has 5 heteroatoms. The first kappa shape index (κ1) is 16.1. The van der Waals surface area contributed by atoms with Gasteiger partial charge in [-0.2, -0.15) is 5.10 Å². The summed E-state index contributed by atoms with van der Waals surface area (Å²) in [5.41, 5.74) is 2.13. The van der Waals surface area contributed by atoms with Gasteiger partial charge in [0.15, 0.2) is 0 Å². The van der Waals surface area contributed by atoms with Gasteiger partial charge in [-0.25, -0.2) is 4.98 Å². The summed E-state index contributed by atoms with van der Waals surface area (Å²) in [5, 5.41) is 8.70. The molecular weight excluding hydrogens is 262 g/mol. The van der Waals surface area contributed by atoms with Crippen molar-refractivity contribution in [3.05, 3.63) is 11.4 Å². The third kappa shape index (κ3) is 3.90. The molecule has 0 aliphatic carbocycles. The van der Waals surface area contributed by atoms with Crippen LogP contribution in [0.15, 0.2) is 0 Å². The zero-order valence-corrected chi connectivity index (χ0v) is 14.0. The molecule has 0 aromatic carbocycles. The van der Waals surface area contributed by atoms with Crippen LogP contribution in [0, 0.1) is 0 Å². The van der Waals surface area contributed by atoms with Crippen LogP contribution in [0.4, 0.5) is 5.95 Å². The van der Waals surface area contributed by atoms with Gasteiger partial charge in [0.05, 0.1) is 11.4 Å². The number of aryl methyl sites for hydroxylation is 2. The molecule has 0 unspecified atom stereocenters. The van der Waals surface area contributed by atoms with Crippen LogP contribution in [0.3, 0.4) is 0 Å². The normalized spacial score (nSPS) is 17.1. The van der Waals surface area contributed by atoms with E-state index in [-0.39, 0.29) is 0 Å². The molecule has 0 atom stereocenters. The maximum absolute atomic E-state index is 4.73. The second-order valence-electron chi connectivity index (χ2n) is 5.90. The average molecular weight is 291 g/mol. The van der Waals surface area contributed by atoms with Crippen LogP contribution in [0.25, 0.3) is 0 Å². The second-order valence-corrected chi connectivity index (χ2v) is 5.90. The molecule has 21 heavy (non-hydrogen) atoms. The molecule has 1 aromatic rings. The highest BCUT2D eigenvalue weighted by molar-refractivity contribution is 5.31. The fourth-order valence-corrected chi connectivity index (χ4v) is 3.09. The topological polar surface area (TPSA) is 45.2 Å². The Kier molecular flexibility index (Phi) is 5.91. The minimum Gasteiger partial charge on any atom is -0.339 e. The van der Waals surface area contributed by atoms with Gasteiger partial charge < -0.3 is 9.80 Å². The monoisotopic (exact) mass is 291 g/mol. The Morgan fingerprint density at radius 2 is 1.71 bits per heavy atom. The Balaban J connectivity index is 2.02. The molecule has 0 N–H and O–H groups in total. The summed E-state index contributed by atoms with van der Waals surface area (Å²) in [5.74, 6) is 0.790. The molecule has 1 aliphatic heterocycles. The molecule has 0 radical (unpaired) electrons. The van der Waals surface area contributed by atoms with Gasteiger partial charge in [-0.05, 0) is 38.6 Å². The van der Waals surface area contributed by atoms with Gasteiger partial charge >= 0.3 is 0 Å². The molecule has 0 bridgehead atoms. The van der Waals surface area contributed by atoms with Gasteiger partial charge in [-0.15, -0.1) is 5.10 Å². The van der Waals surface area contributed by atoms with E-state index in [4.69, 9.17) is 4.98 Å². The minimum absolute atomic E-state index is 0.539. The lowest BCUT2D eigenvalue weighted by molar-refractivity contribution is 0.210. The Bertz CT molecular complexity index is 440. The number of piperidine rings is 1. The summed E-state index contributed by atoms with van der Waals surface area (Å²) in [7, 11) is 2.11. The largest absolute Gasteiger partial charge is 0.339 e. The lowest BCUT2D eigenvalue weighted by Gasteiger charge is -2.36. The molecule has 5 nitrogen and oxygen atoms in total. The highest BCUT2D eigenvalue weighted by Crippen LogP contribution is 2.20. The van der Waals surface area contributed by atoms with E-state index in [9.17, 15) is 0 Å². The van der Waals surface area contributed by atoms with Crippen LogP contribution in [0.1, 0.15) is 51.4 Å². The van der Waals surface area contributed by atoms with Crippen molar-refractivity contribution in [2.75, 3.05) is 31.6 Å². The fraction of sp³-hybridized carbons (Fsp3) is 0.812. The predicted molar refractivity (Wildman–Crippen MR) is 86.7 cm³/mol. The smallest absolute Gasteiger partial charge is 0.245 e. The number of likely N-dealkylation sites (tertiary alicyclic amines) is 1. The maximum atomic E-state index is 4.73. The standard InChI is InChI=1S/C16H29N5/c1-5-10-21-11-8-13(9-12-21)20(4)16-17-14(6-2)15(7-3)18-19-16/h13H,5-12H2,1-4H3. The lowest BCUT2D eigenvalue weighted by atomic mass is 10.0. The van der Waals surface area contributed by atoms with E-state index in [1.807, 2.05) is 0 Å². The quantitative estimate of drug-likeness (QED) is 0.805. The first-order valence-electron chi connectivity index (χ1n) is 8.37. The number of nitrogens with zero attached hydrogens (tertiary/aromatic N) is 5. The molecule has 1 fully saturated rings. The van der Waals surface area contributed by atoms with E-state index < -0.39 is 0 Å². The number of anilines is 1. The first-order chi connectivity index (χ1) is 10.2. The molecule has 1 aliphatic rings. The first-order valence-corrected chi connectivity index (χ1v) is 8.37. The lowest BCUT2D eigenvalue weighted by Crippen LogP contribution is -2.44. The molecule has 2 heterocycles. The van der Waals surface area contributed by atoms with Crippen LogP contribution >= 0.6 is 0 Å². The van der Waals surface area contributed by atoms with Crippen molar-refractivity contribution in [1.29, 1.82) is 0 Å². The molecular formula is C16H29N5. The van der Waals surface area contributed by atoms with Crippen molar-refractivity contribution in [3.8, 4) is 0 Å². The van der Waals surface area contributed by atoms with Crippen molar-refractivity contribution < 1.29 is 0 Å². The van der Waals surface area contributed by atoms with Gasteiger partial charge in [0.1, 0.15) is 0 Å². The molecule has 1 aromatic heterocycles. The zero-order chi connectivity index (χ0) is 15.2. The summed E-state index contributed by atoms with van der Waals surface area (Å²) in [6.07, 6.45) is 5.45. The summed E-state index contributed by atoms with van der Waals surface area (Å²) in [6, 6.07) is 0.539. The van der Waals surface area contributed by atoms with Crippen molar-refractivity contribution in [1.82, 2.24) is 20.1 Å². The van der Waals surface area contributed by atoms with E-state index in [1.165, 1.54) is 38.9 Å². The summed E-state index contributed by atoms with van der Waals surface area (Å²) >= 11 is 0. The molecule has 0 saturated carbocycles. The SMILES string of the molecule is CCCN1CCC(N(C)c2nnc(CC)c(CC)n2)CC1. The second kappa shape index (κ2) is 7.69. The fourth-order valence-electron chi connectivity index (χ4n) is 3.09. The third-order valence-corrected chi connectivity index (χ3v) is 4.46. The molecule has 0 amide bonds. The summed E-state index contributed by atoms with van der Waals surface area (Å²) < 4.78 is 0. The van der Waals surface area contributed by atoms with Crippen molar-refractivity contribution in [2.45, 2.75) is 58.9 Å². The third-order valence-electron chi connectivity index (χ3n) is 4.46. The summed E-state index contributed by atoms with van der Waals surface area (Å²) in [4.78, 5) is 9.52. The average Bonchev–Trinajstić information content (AvgIpc) is 2.54. The van der Waals surface area contributed by atoms with Gasteiger partial charge in [0.25, 0.3) is 0 Å². The van der Waals surface area contributed by atoms with E-state index in [2.05, 4.69) is 47.8 Å². The molecule has 118 valence electrons. The van der Waals surface area contributed by atoms with Crippen LogP contribution in [0.2, 0.25) is 0 Å². The van der Waals surface area contributed by atoms with Crippen molar-refractivity contribution in [3.63, 3.8) is 0 Å². The predicted octanol–water partition coefficient (Wildman–Crippen LogP) is 2.31. The van der Waals surface area contributed by atoms with E-state index in [0.717, 1.165) is 30.2 Å². The number of aromatic nitrogens is 3. The molecule has 2 rings (SSSR count). The zero-order valence-electron chi connectivity index (χ0n) is 14.0. The van der Waals surface area contributed by atoms with Crippen LogP contribution in [0.5, 0.6) is 0 Å². The van der Waals surface area contributed by atoms with Crippen LogP contribution < -0.4 is 4.90 Å². The van der Waals surface area contributed by atoms with E-state index in [1.54, 1.807) is 0 Å². The highest BCUT2D eigenvalue weighted by atomic mass is 15.3. The Morgan fingerprint density at radius 3 is 2.29 bits per heavy atom. The van der Waals surface area contributed by atoms with Crippen LogP contribution in [-0.4, -0.2) is 52.8 Å². The van der Waals surface area contributed by atoms with Crippen molar-refractivity contribution in [2.24, 2.45) is 0 Å². The minimum atomic E-state index is 0.539. The highest BCUT2D eigenvalue weighted by Gasteiger charge is 2.24. The number of hydrogen-bond acceptors (Lipinski definition) is 5. The Labute approximate surface area is 128 Å². The number of rotatable bonds is 6. The van der Waals surface area contributed by atoms with E-state index in [0.29, 0.717) is 6.04 Å². The summed E-state index contributed by atoms with van der Waals surface area (Å²) in [6.45, 7) is 10.1. The van der Waals surface area contributed by atoms with Gasteiger partial charge in [-0.1, -0.05) is 20.8 Å². The molecule has 1 saturated heterocycles. The number of hydrogen-bond donors (Lipinski definition) is 0. The molecule has 0 spiro atoms. The van der Waals surface area contributed by atoms with E-state index >= 15 is 0 Å². The van der Waals surface area contributed by atoms with Gasteiger partial charge in [-0.3, -0.25) is 0 Å². The van der Waals surface area contributed by atoms with Gasteiger partial charge in [0.2, 0.25) is 5.95 Å². The Hall–Kier alpha value is -1.23.